The van der Waals surface area contributed by atoms with Crippen LogP contribution >= 0.6 is 0 Å². The largest absolute Gasteiger partial charge is 0.506 e. The monoisotopic (exact) mass is 258 g/mol. The molecule has 0 saturated heterocycles. The highest BCUT2D eigenvalue weighted by Crippen LogP contribution is 2.28. The van der Waals surface area contributed by atoms with Crippen LogP contribution in [0.4, 0.5) is 10.5 Å². The van der Waals surface area contributed by atoms with E-state index in [-0.39, 0.29) is 12.3 Å². The lowest BCUT2D eigenvalue weighted by Crippen LogP contribution is -2.30. The first-order valence-electron chi connectivity index (χ1n) is 5.75. The Hall–Kier alpha value is -2.56. The molecule has 0 fully saturated rings. The fourth-order valence-electron chi connectivity index (χ4n) is 1.70. The van der Waals surface area contributed by atoms with Gasteiger partial charge in [-0.25, -0.2) is 4.79 Å². The third-order valence-corrected chi connectivity index (χ3v) is 2.61. The lowest BCUT2D eigenvalue weighted by atomic mass is 10.2. The fourth-order valence-corrected chi connectivity index (χ4v) is 1.70. The predicted molar refractivity (Wildman–Crippen MR) is 70.9 cm³/mol. The molecule has 1 aromatic carbocycles. The number of phenols is 1. The average Bonchev–Trinajstić information content (AvgIpc) is 2.46. The number of pyridine rings is 1. The van der Waals surface area contributed by atoms with Crippen LogP contribution in [0.3, 0.4) is 0 Å². The highest BCUT2D eigenvalue weighted by molar-refractivity contribution is 5.89. The smallest absolute Gasteiger partial charge is 0.414 e. The standard InChI is InChI=1S/C14H14N2O3/c1-19-14(18)16(10-11-6-4-5-9-15-11)12-7-2-3-8-13(12)17/h2-9,17H,10H2,1H3. The molecule has 0 aliphatic carbocycles. The summed E-state index contributed by atoms with van der Waals surface area (Å²) in [4.78, 5) is 17.3. The Morgan fingerprint density at radius 1 is 1.26 bits per heavy atom. The molecular weight excluding hydrogens is 244 g/mol. The predicted octanol–water partition coefficient (Wildman–Crippen LogP) is 2.56. The second kappa shape index (κ2) is 5.86. The Kier molecular flexibility index (Phi) is 3.97. The van der Waals surface area contributed by atoms with Crippen LogP contribution in [-0.2, 0) is 11.3 Å². The Balaban J connectivity index is 2.32. The second-order valence-electron chi connectivity index (χ2n) is 3.87. The van der Waals surface area contributed by atoms with E-state index in [1.54, 1.807) is 36.5 Å². The van der Waals surface area contributed by atoms with Gasteiger partial charge in [-0.3, -0.25) is 9.88 Å². The maximum atomic E-state index is 11.8. The van der Waals surface area contributed by atoms with Crippen LogP contribution in [0.15, 0.2) is 48.7 Å². The number of amides is 1. The summed E-state index contributed by atoms with van der Waals surface area (Å²) in [5.41, 5.74) is 1.09. The number of aromatic nitrogens is 1. The summed E-state index contributed by atoms with van der Waals surface area (Å²) in [6, 6.07) is 12.0. The minimum atomic E-state index is -0.549. The topological polar surface area (TPSA) is 62.7 Å². The van der Waals surface area contributed by atoms with Crippen LogP contribution < -0.4 is 4.90 Å². The fraction of sp³-hybridized carbons (Fsp3) is 0.143. The molecule has 0 aliphatic heterocycles. The number of nitrogens with zero attached hydrogens (tertiary/aromatic N) is 2. The Morgan fingerprint density at radius 3 is 2.63 bits per heavy atom. The summed E-state index contributed by atoms with van der Waals surface area (Å²) in [6.07, 6.45) is 1.10. The van der Waals surface area contributed by atoms with Gasteiger partial charge in [0, 0.05) is 6.20 Å². The number of carbonyl (C=O) groups excluding carboxylic acids is 1. The zero-order chi connectivity index (χ0) is 13.7. The van der Waals surface area contributed by atoms with Crippen molar-refractivity contribution in [3.8, 4) is 5.75 Å². The van der Waals surface area contributed by atoms with E-state index >= 15 is 0 Å². The van der Waals surface area contributed by atoms with Gasteiger partial charge < -0.3 is 9.84 Å². The summed E-state index contributed by atoms with van der Waals surface area (Å²) in [5, 5.41) is 9.83. The zero-order valence-corrected chi connectivity index (χ0v) is 10.5. The van der Waals surface area contributed by atoms with Crippen molar-refractivity contribution < 1.29 is 14.6 Å². The van der Waals surface area contributed by atoms with Crippen molar-refractivity contribution >= 4 is 11.8 Å². The zero-order valence-electron chi connectivity index (χ0n) is 10.5. The first kappa shape index (κ1) is 12.9. The minimum Gasteiger partial charge on any atom is -0.506 e. The third-order valence-electron chi connectivity index (χ3n) is 2.61. The molecule has 0 aliphatic rings. The van der Waals surface area contributed by atoms with Gasteiger partial charge in [0.15, 0.2) is 0 Å². The molecule has 98 valence electrons. The molecule has 5 heteroatoms. The van der Waals surface area contributed by atoms with E-state index < -0.39 is 6.09 Å². The molecular formula is C14H14N2O3. The number of carbonyl (C=O) groups is 1. The first-order valence-corrected chi connectivity index (χ1v) is 5.75. The van der Waals surface area contributed by atoms with Gasteiger partial charge in [-0.15, -0.1) is 0 Å². The van der Waals surface area contributed by atoms with E-state index in [1.165, 1.54) is 18.1 Å². The Labute approximate surface area is 111 Å². The molecule has 0 saturated carbocycles. The molecule has 0 spiro atoms. The van der Waals surface area contributed by atoms with E-state index in [2.05, 4.69) is 4.98 Å². The van der Waals surface area contributed by atoms with Crippen molar-refractivity contribution in [2.75, 3.05) is 12.0 Å². The number of hydrogen-bond acceptors (Lipinski definition) is 4. The Morgan fingerprint density at radius 2 is 2.00 bits per heavy atom. The van der Waals surface area contributed by atoms with Crippen molar-refractivity contribution in [1.29, 1.82) is 0 Å². The second-order valence-corrected chi connectivity index (χ2v) is 3.87. The van der Waals surface area contributed by atoms with Gasteiger partial charge >= 0.3 is 6.09 Å². The third kappa shape index (κ3) is 3.01. The molecule has 0 bridgehead atoms. The first-order chi connectivity index (χ1) is 9.22. The maximum Gasteiger partial charge on any atom is 0.414 e. The van der Waals surface area contributed by atoms with E-state index in [4.69, 9.17) is 4.74 Å². The molecule has 1 aromatic heterocycles. The number of anilines is 1. The summed E-state index contributed by atoms with van der Waals surface area (Å²) in [7, 11) is 1.30. The quantitative estimate of drug-likeness (QED) is 0.919. The summed E-state index contributed by atoms with van der Waals surface area (Å²) in [5.74, 6) is 0.0174. The van der Waals surface area contributed by atoms with Gasteiger partial charge in [0.1, 0.15) is 5.75 Å². The molecule has 1 heterocycles. The molecule has 5 nitrogen and oxygen atoms in total. The summed E-state index contributed by atoms with van der Waals surface area (Å²) < 4.78 is 4.74. The number of benzene rings is 1. The number of methoxy groups -OCH3 is 1. The number of rotatable bonds is 3. The van der Waals surface area contributed by atoms with Crippen LogP contribution in [0, 0.1) is 0 Å². The van der Waals surface area contributed by atoms with Crippen LogP contribution in [0.1, 0.15) is 5.69 Å². The number of para-hydroxylation sites is 2. The normalized spacial score (nSPS) is 9.95. The van der Waals surface area contributed by atoms with Gasteiger partial charge in [-0.1, -0.05) is 18.2 Å². The average molecular weight is 258 g/mol. The van der Waals surface area contributed by atoms with E-state index in [0.29, 0.717) is 11.4 Å². The Bertz CT molecular complexity index is 558. The molecule has 0 atom stereocenters. The highest BCUT2D eigenvalue weighted by Gasteiger charge is 2.19. The van der Waals surface area contributed by atoms with Crippen LogP contribution in [0.2, 0.25) is 0 Å². The lowest BCUT2D eigenvalue weighted by molar-refractivity contribution is 0.178. The van der Waals surface area contributed by atoms with Crippen molar-refractivity contribution in [2.45, 2.75) is 6.54 Å². The molecule has 2 rings (SSSR count). The number of aromatic hydroxyl groups is 1. The molecule has 0 radical (unpaired) electrons. The van der Waals surface area contributed by atoms with E-state index in [1.807, 2.05) is 6.07 Å². The van der Waals surface area contributed by atoms with E-state index in [0.717, 1.165) is 0 Å². The van der Waals surface area contributed by atoms with Crippen molar-refractivity contribution in [2.24, 2.45) is 0 Å². The molecule has 2 aromatic rings. The highest BCUT2D eigenvalue weighted by atomic mass is 16.5. The van der Waals surface area contributed by atoms with Crippen molar-refractivity contribution in [1.82, 2.24) is 4.98 Å². The van der Waals surface area contributed by atoms with Crippen molar-refractivity contribution in [3.63, 3.8) is 0 Å². The molecule has 1 amide bonds. The van der Waals surface area contributed by atoms with Gasteiger partial charge in [0.25, 0.3) is 0 Å². The SMILES string of the molecule is COC(=O)N(Cc1ccccn1)c1ccccc1O. The van der Waals surface area contributed by atoms with Gasteiger partial charge in [0.05, 0.1) is 25.0 Å². The number of ether oxygens (including phenoxy) is 1. The van der Waals surface area contributed by atoms with Gasteiger partial charge in [0.2, 0.25) is 0 Å². The number of phenolic OH excluding ortho intramolecular Hbond substituents is 1. The molecule has 0 unspecified atom stereocenters. The molecule has 1 N–H and O–H groups in total. The van der Waals surface area contributed by atoms with Crippen LogP contribution in [0.5, 0.6) is 5.75 Å². The van der Waals surface area contributed by atoms with Gasteiger partial charge in [-0.05, 0) is 24.3 Å². The summed E-state index contributed by atoms with van der Waals surface area (Å²) in [6.45, 7) is 0.227. The lowest BCUT2D eigenvalue weighted by Gasteiger charge is -2.21. The van der Waals surface area contributed by atoms with E-state index in [9.17, 15) is 9.90 Å². The molecule has 19 heavy (non-hydrogen) atoms. The van der Waals surface area contributed by atoms with Crippen molar-refractivity contribution in [3.05, 3.63) is 54.4 Å². The van der Waals surface area contributed by atoms with Crippen LogP contribution in [-0.4, -0.2) is 23.3 Å². The number of hydrogen-bond donors (Lipinski definition) is 1. The van der Waals surface area contributed by atoms with Crippen LogP contribution in [0.25, 0.3) is 0 Å². The minimum absolute atomic E-state index is 0.0174. The maximum absolute atomic E-state index is 11.8. The summed E-state index contributed by atoms with van der Waals surface area (Å²) >= 11 is 0. The van der Waals surface area contributed by atoms with Gasteiger partial charge in [-0.2, -0.15) is 0 Å².